The van der Waals surface area contributed by atoms with E-state index in [4.69, 9.17) is 11.6 Å². The van der Waals surface area contributed by atoms with Crippen LogP contribution in [0.5, 0.6) is 0 Å². The van der Waals surface area contributed by atoms with Gasteiger partial charge < -0.3 is 5.32 Å². The van der Waals surface area contributed by atoms with Crippen LogP contribution in [-0.4, -0.2) is 26.1 Å². The number of nitrogens with one attached hydrogen (secondary N) is 1. The van der Waals surface area contributed by atoms with Crippen molar-refractivity contribution in [2.24, 2.45) is 0 Å². The second-order valence-corrected chi connectivity index (χ2v) is 6.82. The summed E-state index contributed by atoms with van der Waals surface area (Å²) < 4.78 is 0. The van der Waals surface area contributed by atoms with E-state index < -0.39 is 6.04 Å². The number of benzene rings is 2. The fourth-order valence-electron chi connectivity index (χ4n) is 2.41. The highest BCUT2D eigenvalue weighted by molar-refractivity contribution is 6.30. The van der Waals surface area contributed by atoms with Crippen LogP contribution in [0.1, 0.15) is 38.3 Å². The van der Waals surface area contributed by atoms with Crippen molar-refractivity contribution in [2.45, 2.75) is 32.7 Å². The molecule has 2 aromatic carbocycles. The summed E-state index contributed by atoms with van der Waals surface area (Å²) in [6.07, 6.45) is 0. The molecule has 0 saturated carbocycles. The number of carbonyl (C=O) groups is 1. The normalized spacial score (nSPS) is 12.2. The van der Waals surface area contributed by atoms with Crippen LogP contribution < -0.4 is 5.32 Å². The number of aromatic nitrogens is 4. The molecule has 0 saturated heterocycles. The maximum absolute atomic E-state index is 12.4. The Balaban J connectivity index is 1.71. The van der Waals surface area contributed by atoms with E-state index in [-0.39, 0.29) is 5.91 Å². The first-order chi connectivity index (χ1) is 12.4. The third kappa shape index (κ3) is 4.08. The molecule has 0 bridgehead atoms. The molecular weight excluding hydrogens is 350 g/mol. The van der Waals surface area contributed by atoms with Crippen molar-refractivity contribution in [3.63, 3.8) is 0 Å². The molecule has 26 heavy (non-hydrogen) atoms. The van der Waals surface area contributed by atoms with Crippen molar-refractivity contribution in [1.82, 2.24) is 20.2 Å². The van der Waals surface area contributed by atoms with E-state index in [1.54, 1.807) is 31.2 Å². The maximum Gasteiger partial charge on any atom is 0.250 e. The molecule has 0 aliphatic carbocycles. The number of amides is 1. The van der Waals surface area contributed by atoms with Gasteiger partial charge in [-0.2, -0.15) is 4.80 Å². The summed E-state index contributed by atoms with van der Waals surface area (Å²) >= 11 is 5.85. The van der Waals surface area contributed by atoms with Crippen molar-refractivity contribution in [2.75, 3.05) is 5.32 Å². The van der Waals surface area contributed by atoms with E-state index in [0.29, 0.717) is 22.5 Å². The number of carbonyl (C=O) groups excluding carboxylic acids is 1. The topological polar surface area (TPSA) is 72.7 Å². The first-order valence-corrected chi connectivity index (χ1v) is 8.78. The molecule has 0 aliphatic rings. The second-order valence-electron chi connectivity index (χ2n) is 6.38. The lowest BCUT2D eigenvalue weighted by Gasteiger charge is -2.10. The quantitative estimate of drug-likeness (QED) is 0.727. The Morgan fingerprint density at radius 1 is 1.04 bits per heavy atom. The smallest absolute Gasteiger partial charge is 0.250 e. The minimum atomic E-state index is -0.595. The molecule has 1 aromatic heterocycles. The van der Waals surface area contributed by atoms with E-state index in [2.05, 4.69) is 46.7 Å². The summed E-state index contributed by atoms with van der Waals surface area (Å²) in [5.74, 6) is 0.724. The predicted octanol–water partition coefficient (Wildman–Crippen LogP) is 4.32. The van der Waals surface area contributed by atoms with Crippen LogP contribution in [0.3, 0.4) is 0 Å². The molecule has 1 amide bonds. The molecule has 3 rings (SSSR count). The van der Waals surface area contributed by atoms with Crippen LogP contribution in [0.2, 0.25) is 5.02 Å². The average molecular weight is 370 g/mol. The van der Waals surface area contributed by atoms with E-state index in [0.717, 1.165) is 5.56 Å². The van der Waals surface area contributed by atoms with Gasteiger partial charge in [0.1, 0.15) is 6.04 Å². The Kier molecular flexibility index (Phi) is 5.32. The third-order valence-corrected chi connectivity index (χ3v) is 4.35. The highest BCUT2D eigenvalue weighted by atomic mass is 35.5. The highest BCUT2D eigenvalue weighted by Crippen LogP contribution is 2.20. The van der Waals surface area contributed by atoms with Crippen LogP contribution in [0.15, 0.2) is 48.5 Å². The van der Waals surface area contributed by atoms with E-state index in [1.165, 1.54) is 10.4 Å². The zero-order valence-electron chi connectivity index (χ0n) is 14.8. The largest absolute Gasteiger partial charge is 0.324 e. The standard InChI is InChI=1S/C19H20ClN5O/c1-12(2)14-4-6-15(7-5-14)18-22-24-25(23-18)13(3)19(26)21-17-10-8-16(20)9-11-17/h4-13H,1-3H3,(H,21,26)/t13-/m1/s1. The number of tetrazole rings is 1. The number of anilines is 1. The fourth-order valence-corrected chi connectivity index (χ4v) is 2.53. The van der Waals surface area contributed by atoms with Gasteiger partial charge >= 0.3 is 0 Å². The van der Waals surface area contributed by atoms with Gasteiger partial charge in [-0.15, -0.1) is 10.2 Å². The molecule has 0 unspecified atom stereocenters. The monoisotopic (exact) mass is 369 g/mol. The van der Waals surface area contributed by atoms with E-state index in [9.17, 15) is 4.79 Å². The SMILES string of the molecule is CC(C)c1ccc(-c2nnn([C@H](C)C(=O)Nc3ccc(Cl)cc3)n2)cc1. The summed E-state index contributed by atoms with van der Waals surface area (Å²) in [5.41, 5.74) is 2.78. The van der Waals surface area contributed by atoms with Gasteiger partial charge in [-0.3, -0.25) is 4.79 Å². The summed E-state index contributed by atoms with van der Waals surface area (Å²) in [6.45, 7) is 6.01. The van der Waals surface area contributed by atoms with Gasteiger partial charge in [0.15, 0.2) is 0 Å². The van der Waals surface area contributed by atoms with Gasteiger partial charge in [-0.25, -0.2) is 0 Å². The summed E-state index contributed by atoms with van der Waals surface area (Å²) in [7, 11) is 0. The predicted molar refractivity (Wildman–Crippen MR) is 102 cm³/mol. The van der Waals surface area contributed by atoms with Crippen LogP contribution in [0.25, 0.3) is 11.4 Å². The van der Waals surface area contributed by atoms with Crippen LogP contribution in [0.4, 0.5) is 5.69 Å². The average Bonchev–Trinajstić information content (AvgIpc) is 3.13. The Morgan fingerprint density at radius 2 is 1.69 bits per heavy atom. The Hall–Kier alpha value is -2.73. The third-order valence-electron chi connectivity index (χ3n) is 4.10. The van der Waals surface area contributed by atoms with Crippen molar-refractivity contribution >= 4 is 23.2 Å². The maximum atomic E-state index is 12.4. The highest BCUT2D eigenvalue weighted by Gasteiger charge is 2.19. The fraction of sp³-hybridized carbons (Fsp3) is 0.263. The molecule has 0 spiro atoms. The lowest BCUT2D eigenvalue weighted by atomic mass is 10.0. The molecule has 1 N–H and O–H groups in total. The number of nitrogens with zero attached hydrogens (tertiary/aromatic N) is 4. The van der Waals surface area contributed by atoms with Crippen LogP contribution >= 0.6 is 11.6 Å². The lowest BCUT2D eigenvalue weighted by molar-refractivity contribution is -0.119. The molecule has 134 valence electrons. The summed E-state index contributed by atoms with van der Waals surface area (Å²) in [6, 6.07) is 14.4. The minimum absolute atomic E-state index is 0.230. The Morgan fingerprint density at radius 3 is 2.31 bits per heavy atom. The molecule has 7 heteroatoms. The molecule has 0 radical (unpaired) electrons. The molecule has 6 nitrogen and oxygen atoms in total. The molecular formula is C19H20ClN5O. The van der Waals surface area contributed by atoms with Crippen LogP contribution in [-0.2, 0) is 4.79 Å². The second kappa shape index (κ2) is 7.66. The number of halogens is 1. The number of rotatable bonds is 5. The molecule has 0 aliphatic heterocycles. The van der Waals surface area contributed by atoms with E-state index in [1.807, 2.05) is 12.1 Å². The van der Waals surface area contributed by atoms with Gasteiger partial charge in [-0.05, 0) is 47.9 Å². The zero-order chi connectivity index (χ0) is 18.7. The van der Waals surface area contributed by atoms with Crippen molar-refractivity contribution in [3.05, 3.63) is 59.1 Å². The summed E-state index contributed by atoms with van der Waals surface area (Å²) in [5, 5.41) is 15.9. The number of hydrogen-bond donors (Lipinski definition) is 1. The van der Waals surface area contributed by atoms with Crippen LogP contribution in [0, 0.1) is 0 Å². The Bertz CT molecular complexity index is 887. The van der Waals surface area contributed by atoms with Gasteiger partial charge in [0.25, 0.3) is 5.91 Å². The zero-order valence-corrected chi connectivity index (χ0v) is 15.6. The van der Waals surface area contributed by atoms with Gasteiger partial charge in [-0.1, -0.05) is 49.7 Å². The first kappa shape index (κ1) is 18.1. The molecule has 0 fully saturated rings. The Labute approximate surface area is 157 Å². The number of hydrogen-bond acceptors (Lipinski definition) is 4. The van der Waals surface area contributed by atoms with E-state index >= 15 is 0 Å². The van der Waals surface area contributed by atoms with Crippen molar-refractivity contribution < 1.29 is 4.79 Å². The molecule has 3 aromatic rings. The molecule has 1 heterocycles. The first-order valence-electron chi connectivity index (χ1n) is 8.40. The summed E-state index contributed by atoms with van der Waals surface area (Å²) in [4.78, 5) is 13.7. The van der Waals surface area contributed by atoms with Gasteiger partial charge in [0.2, 0.25) is 5.82 Å². The molecule has 1 atom stereocenters. The van der Waals surface area contributed by atoms with Crippen molar-refractivity contribution in [3.8, 4) is 11.4 Å². The van der Waals surface area contributed by atoms with Gasteiger partial charge in [0.05, 0.1) is 0 Å². The minimum Gasteiger partial charge on any atom is -0.324 e. The van der Waals surface area contributed by atoms with Crippen molar-refractivity contribution in [1.29, 1.82) is 0 Å². The van der Waals surface area contributed by atoms with Gasteiger partial charge in [0, 0.05) is 16.3 Å². The lowest BCUT2D eigenvalue weighted by Crippen LogP contribution is -2.25.